The lowest BCUT2D eigenvalue weighted by Gasteiger charge is -2.41. The quantitative estimate of drug-likeness (QED) is 0.828. The van der Waals surface area contributed by atoms with Gasteiger partial charge < -0.3 is 15.8 Å². The van der Waals surface area contributed by atoms with E-state index < -0.39 is 28.7 Å². The predicted octanol–water partition coefficient (Wildman–Crippen LogP) is 3.55. The number of rotatable bonds is 4. The Balaban J connectivity index is 3.33. The molecule has 0 saturated carbocycles. The third-order valence-electron chi connectivity index (χ3n) is 4.13. The molecule has 0 unspecified atom stereocenters. The van der Waals surface area contributed by atoms with E-state index in [1.165, 1.54) is 13.2 Å². The van der Waals surface area contributed by atoms with Crippen LogP contribution in [0.1, 0.15) is 38.8 Å². The predicted molar refractivity (Wildman–Crippen MR) is 82.8 cm³/mol. The van der Waals surface area contributed by atoms with Crippen molar-refractivity contribution in [1.29, 1.82) is 0 Å². The molecular weight excluding hydrogens is 309 g/mol. The molecule has 0 aliphatic carbocycles. The van der Waals surface area contributed by atoms with Gasteiger partial charge in [0, 0.05) is 12.2 Å². The van der Waals surface area contributed by atoms with E-state index in [0.29, 0.717) is 5.69 Å². The Morgan fingerprint density at radius 3 is 2.17 bits per heavy atom. The fourth-order valence-electron chi connectivity index (χ4n) is 2.08. The van der Waals surface area contributed by atoms with E-state index in [2.05, 4.69) is 5.32 Å². The number of carbonyl (C=O) groups excluding carboxylic acids is 1. The van der Waals surface area contributed by atoms with Gasteiger partial charge in [0.25, 0.3) is 0 Å². The van der Waals surface area contributed by atoms with E-state index in [4.69, 9.17) is 10.5 Å². The van der Waals surface area contributed by atoms with E-state index in [-0.39, 0.29) is 12.1 Å². The highest BCUT2D eigenvalue weighted by atomic mass is 19.4. The molecular formula is C16H23F3N2O2. The van der Waals surface area contributed by atoms with Gasteiger partial charge >= 0.3 is 12.1 Å². The number of hydrogen-bond acceptors (Lipinski definition) is 4. The maximum Gasteiger partial charge on any atom is 0.416 e. The summed E-state index contributed by atoms with van der Waals surface area (Å²) in [5.74, 6) is -0.507. The Bertz CT molecular complexity index is 580. The van der Waals surface area contributed by atoms with Gasteiger partial charge in [0.1, 0.15) is 5.54 Å². The number of hydrogen-bond donors (Lipinski definition) is 2. The van der Waals surface area contributed by atoms with Crippen LogP contribution in [0, 0.1) is 5.41 Å². The second-order valence-corrected chi connectivity index (χ2v) is 6.57. The van der Waals surface area contributed by atoms with Crippen molar-refractivity contribution in [3.05, 3.63) is 29.3 Å². The molecule has 1 atom stereocenters. The maximum absolute atomic E-state index is 12.8. The maximum atomic E-state index is 12.8. The van der Waals surface area contributed by atoms with Crippen molar-refractivity contribution < 1.29 is 22.7 Å². The van der Waals surface area contributed by atoms with Crippen molar-refractivity contribution >= 4 is 11.7 Å². The molecule has 1 aromatic carbocycles. The first-order valence-electron chi connectivity index (χ1n) is 7.13. The van der Waals surface area contributed by atoms with Gasteiger partial charge in [-0.2, -0.15) is 13.2 Å². The molecule has 3 N–H and O–H groups in total. The number of alkyl halides is 3. The van der Waals surface area contributed by atoms with Crippen molar-refractivity contribution in [2.24, 2.45) is 11.1 Å². The summed E-state index contributed by atoms with van der Waals surface area (Å²) >= 11 is 0. The number of nitrogens with two attached hydrogens (primary N) is 1. The molecule has 0 amide bonds. The molecule has 0 heterocycles. The normalized spacial score (nSPS) is 15.0. The van der Waals surface area contributed by atoms with Crippen LogP contribution in [0.4, 0.5) is 18.9 Å². The fraction of sp³-hybridized carbons (Fsp3) is 0.562. The lowest BCUT2D eigenvalue weighted by Crippen LogP contribution is -2.54. The topological polar surface area (TPSA) is 64.3 Å². The van der Waals surface area contributed by atoms with E-state index in [1.54, 1.807) is 6.92 Å². The average molecular weight is 332 g/mol. The summed E-state index contributed by atoms with van der Waals surface area (Å²) in [5, 5.41) is 3.02. The second-order valence-electron chi connectivity index (χ2n) is 6.57. The van der Waals surface area contributed by atoms with Gasteiger partial charge in [-0.25, -0.2) is 4.79 Å². The number of esters is 1. The van der Waals surface area contributed by atoms with Crippen LogP contribution in [-0.4, -0.2) is 18.6 Å². The summed E-state index contributed by atoms with van der Waals surface area (Å²) in [6.45, 7) is 7.07. The molecule has 130 valence electrons. The molecule has 7 heteroatoms. The van der Waals surface area contributed by atoms with Crippen molar-refractivity contribution in [1.82, 2.24) is 0 Å². The van der Waals surface area contributed by atoms with Gasteiger partial charge in [-0.1, -0.05) is 20.8 Å². The molecule has 23 heavy (non-hydrogen) atoms. The summed E-state index contributed by atoms with van der Waals surface area (Å²) < 4.78 is 43.3. The molecule has 0 bridgehead atoms. The van der Waals surface area contributed by atoms with Crippen LogP contribution in [0.2, 0.25) is 0 Å². The Morgan fingerprint density at radius 2 is 1.78 bits per heavy atom. The Kier molecular flexibility index (Phi) is 5.36. The van der Waals surface area contributed by atoms with Crippen LogP contribution < -0.4 is 11.1 Å². The molecule has 1 rings (SSSR count). The summed E-state index contributed by atoms with van der Waals surface area (Å²) in [4.78, 5) is 12.2. The number of nitrogens with one attached hydrogen (secondary N) is 1. The fourth-order valence-corrected chi connectivity index (χ4v) is 2.08. The minimum Gasteiger partial charge on any atom is -0.467 e. The molecule has 0 aliphatic rings. The molecule has 0 saturated heterocycles. The number of benzene rings is 1. The monoisotopic (exact) mass is 332 g/mol. The first-order valence-corrected chi connectivity index (χ1v) is 7.13. The Labute approximate surface area is 134 Å². The average Bonchev–Trinajstić information content (AvgIpc) is 2.44. The van der Waals surface area contributed by atoms with Crippen LogP contribution in [0.3, 0.4) is 0 Å². The van der Waals surface area contributed by atoms with Gasteiger partial charge in [-0.05, 0) is 36.1 Å². The molecule has 0 radical (unpaired) electrons. The third kappa shape index (κ3) is 3.96. The van der Waals surface area contributed by atoms with E-state index in [9.17, 15) is 18.0 Å². The molecule has 0 aromatic heterocycles. The first kappa shape index (κ1) is 19.3. The summed E-state index contributed by atoms with van der Waals surface area (Å²) in [6, 6.07) is 3.24. The zero-order valence-electron chi connectivity index (χ0n) is 14.0. The SMILES string of the molecule is COC(=O)[C@](C)(Nc1ccc(C(F)(F)F)cc1CN)C(C)(C)C. The second kappa shape index (κ2) is 6.39. The number of ether oxygens (including phenoxy) is 1. The zero-order chi connectivity index (χ0) is 18.1. The zero-order valence-corrected chi connectivity index (χ0v) is 14.0. The molecule has 1 aromatic rings. The minimum absolute atomic E-state index is 0.0896. The van der Waals surface area contributed by atoms with Crippen molar-refractivity contribution in [3.63, 3.8) is 0 Å². The van der Waals surface area contributed by atoms with Gasteiger partial charge in [0.15, 0.2) is 0 Å². The Hall–Kier alpha value is -1.76. The number of methoxy groups -OCH3 is 1. The van der Waals surface area contributed by atoms with Crippen molar-refractivity contribution in [2.45, 2.75) is 46.0 Å². The lowest BCUT2D eigenvalue weighted by molar-refractivity contribution is -0.149. The van der Waals surface area contributed by atoms with Gasteiger partial charge in [0.2, 0.25) is 0 Å². The summed E-state index contributed by atoms with van der Waals surface area (Å²) in [7, 11) is 1.27. The van der Waals surface area contributed by atoms with Crippen molar-refractivity contribution in [2.75, 3.05) is 12.4 Å². The van der Waals surface area contributed by atoms with Crippen LogP contribution in [0.15, 0.2) is 18.2 Å². The van der Waals surface area contributed by atoms with Crippen LogP contribution >= 0.6 is 0 Å². The molecule has 0 spiro atoms. The molecule has 0 fully saturated rings. The van der Waals surface area contributed by atoms with E-state index >= 15 is 0 Å². The number of carbonyl (C=O) groups is 1. The van der Waals surface area contributed by atoms with Crippen molar-refractivity contribution in [3.8, 4) is 0 Å². The summed E-state index contributed by atoms with van der Waals surface area (Å²) in [5.41, 5.74) is 3.77. The van der Waals surface area contributed by atoms with Crippen LogP contribution in [0.5, 0.6) is 0 Å². The van der Waals surface area contributed by atoms with Gasteiger partial charge in [-0.15, -0.1) is 0 Å². The lowest BCUT2D eigenvalue weighted by atomic mass is 9.74. The highest BCUT2D eigenvalue weighted by Gasteiger charge is 2.46. The largest absolute Gasteiger partial charge is 0.467 e. The summed E-state index contributed by atoms with van der Waals surface area (Å²) in [6.07, 6.45) is -4.45. The smallest absolute Gasteiger partial charge is 0.416 e. The standard InChI is InChI=1S/C16H23F3N2O2/c1-14(2,3)15(4,13(22)23-5)21-12-7-6-11(16(17,18)19)8-10(12)9-20/h6-8,21H,9,20H2,1-5H3/t15-/m0/s1. The van der Waals surface area contributed by atoms with E-state index in [1.807, 2.05) is 20.8 Å². The van der Waals surface area contributed by atoms with Gasteiger partial charge in [0.05, 0.1) is 12.7 Å². The first-order chi connectivity index (χ1) is 10.4. The molecule has 0 aliphatic heterocycles. The minimum atomic E-state index is -4.45. The highest BCUT2D eigenvalue weighted by Crippen LogP contribution is 2.37. The van der Waals surface area contributed by atoms with Gasteiger partial charge in [-0.3, -0.25) is 0 Å². The Morgan fingerprint density at radius 1 is 1.22 bits per heavy atom. The van der Waals surface area contributed by atoms with Crippen LogP contribution in [0.25, 0.3) is 0 Å². The number of halogens is 3. The third-order valence-corrected chi connectivity index (χ3v) is 4.13. The molecule has 4 nitrogen and oxygen atoms in total. The number of anilines is 1. The highest BCUT2D eigenvalue weighted by molar-refractivity contribution is 5.85. The van der Waals surface area contributed by atoms with Crippen LogP contribution in [-0.2, 0) is 22.3 Å². The van der Waals surface area contributed by atoms with E-state index in [0.717, 1.165) is 12.1 Å².